The lowest BCUT2D eigenvalue weighted by molar-refractivity contribution is 0.0962. The van der Waals surface area contributed by atoms with Crippen molar-refractivity contribution in [2.75, 3.05) is 32.8 Å². The average Bonchev–Trinajstić information content (AvgIpc) is 2.48. The molecule has 0 saturated carbocycles. The van der Waals surface area contributed by atoms with Gasteiger partial charge in [0.15, 0.2) is 0 Å². The molecule has 0 bridgehead atoms. The minimum absolute atomic E-state index is 0.232. The summed E-state index contributed by atoms with van der Waals surface area (Å²) in [5.41, 5.74) is 0. The Morgan fingerprint density at radius 1 is 1.20 bits per heavy atom. The number of sulfonamides is 1. The summed E-state index contributed by atoms with van der Waals surface area (Å²) >= 11 is 0. The summed E-state index contributed by atoms with van der Waals surface area (Å²) < 4.78 is 32.5. The van der Waals surface area contributed by atoms with Crippen LogP contribution in [0.15, 0.2) is 0 Å². The van der Waals surface area contributed by atoms with Crippen LogP contribution in [0.5, 0.6) is 0 Å². The van der Waals surface area contributed by atoms with Crippen LogP contribution in [0.25, 0.3) is 0 Å². The lowest BCUT2D eigenvalue weighted by Gasteiger charge is -2.39. The first-order chi connectivity index (χ1) is 9.59. The number of hydrogen-bond donors (Lipinski definition) is 1. The second-order valence-corrected chi connectivity index (χ2v) is 8.05. The summed E-state index contributed by atoms with van der Waals surface area (Å²) in [5, 5.41) is 3.26. The molecule has 0 radical (unpaired) electrons. The van der Waals surface area contributed by atoms with Crippen molar-refractivity contribution in [1.29, 1.82) is 0 Å². The van der Waals surface area contributed by atoms with Gasteiger partial charge in [0.05, 0.1) is 5.25 Å². The third kappa shape index (κ3) is 3.53. The highest BCUT2D eigenvalue weighted by Gasteiger charge is 2.38. The van der Waals surface area contributed by atoms with E-state index in [1.54, 1.807) is 4.31 Å². The van der Waals surface area contributed by atoms with Crippen molar-refractivity contribution in [2.45, 2.75) is 50.8 Å². The number of nitrogens with zero attached hydrogens (tertiary/aromatic N) is 1. The van der Waals surface area contributed by atoms with Crippen LogP contribution in [0.1, 0.15) is 39.5 Å². The summed E-state index contributed by atoms with van der Waals surface area (Å²) in [7, 11) is -3.14. The Balaban J connectivity index is 2.02. The third-order valence-electron chi connectivity index (χ3n) is 4.64. The Kier molecular flexibility index (Phi) is 5.84. The molecule has 2 aliphatic heterocycles. The van der Waals surface area contributed by atoms with Gasteiger partial charge in [0.1, 0.15) is 0 Å². The van der Waals surface area contributed by atoms with E-state index in [0.717, 1.165) is 19.4 Å². The monoisotopic (exact) mass is 304 g/mol. The number of piperidine rings is 1. The van der Waals surface area contributed by atoms with E-state index in [0.29, 0.717) is 51.1 Å². The van der Waals surface area contributed by atoms with Gasteiger partial charge in [-0.25, -0.2) is 12.7 Å². The van der Waals surface area contributed by atoms with Crippen LogP contribution in [0.2, 0.25) is 0 Å². The van der Waals surface area contributed by atoms with E-state index < -0.39 is 10.0 Å². The molecule has 0 aromatic rings. The van der Waals surface area contributed by atoms with Crippen LogP contribution >= 0.6 is 0 Å². The molecule has 2 unspecified atom stereocenters. The Morgan fingerprint density at radius 2 is 1.90 bits per heavy atom. The van der Waals surface area contributed by atoms with E-state index in [2.05, 4.69) is 19.2 Å². The largest absolute Gasteiger partial charge is 0.381 e. The minimum atomic E-state index is -3.14. The van der Waals surface area contributed by atoms with Crippen molar-refractivity contribution >= 4 is 10.0 Å². The summed E-state index contributed by atoms with van der Waals surface area (Å²) in [4.78, 5) is 0. The molecule has 5 nitrogen and oxygen atoms in total. The lowest BCUT2D eigenvalue weighted by atomic mass is 9.91. The van der Waals surface area contributed by atoms with Crippen molar-refractivity contribution in [3.63, 3.8) is 0 Å². The van der Waals surface area contributed by atoms with Gasteiger partial charge in [-0.2, -0.15) is 0 Å². The van der Waals surface area contributed by atoms with Crippen LogP contribution in [0.4, 0.5) is 0 Å². The zero-order chi connectivity index (χ0) is 14.6. The van der Waals surface area contributed by atoms with Gasteiger partial charge in [0, 0.05) is 32.3 Å². The predicted molar refractivity (Wildman–Crippen MR) is 80.2 cm³/mol. The third-order valence-corrected chi connectivity index (χ3v) is 7.00. The molecule has 2 heterocycles. The molecule has 6 heteroatoms. The van der Waals surface area contributed by atoms with Crippen LogP contribution in [0.3, 0.4) is 0 Å². The average molecular weight is 304 g/mol. The lowest BCUT2D eigenvalue weighted by Crippen LogP contribution is -2.53. The predicted octanol–water partition coefficient (Wildman–Crippen LogP) is 1.21. The van der Waals surface area contributed by atoms with E-state index in [4.69, 9.17) is 4.74 Å². The van der Waals surface area contributed by atoms with Gasteiger partial charge in [-0.3, -0.25) is 0 Å². The van der Waals surface area contributed by atoms with Gasteiger partial charge in [0.25, 0.3) is 0 Å². The fraction of sp³-hybridized carbons (Fsp3) is 1.00. The summed E-state index contributed by atoms with van der Waals surface area (Å²) in [6.07, 6.45) is 3.24. The van der Waals surface area contributed by atoms with E-state index in [1.165, 1.54) is 0 Å². The quantitative estimate of drug-likeness (QED) is 0.829. The zero-order valence-electron chi connectivity index (χ0n) is 12.7. The number of rotatable bonds is 5. The standard InChI is InChI=1S/C14H28N2O3S/c1-3-12-11-16(8-5-14(12)15-4-2)20(17,18)13-6-9-19-10-7-13/h12-15H,3-11H2,1-2H3. The molecule has 0 aromatic carbocycles. The second-order valence-electron chi connectivity index (χ2n) is 5.84. The van der Waals surface area contributed by atoms with Gasteiger partial charge < -0.3 is 10.1 Å². The highest BCUT2D eigenvalue weighted by Crippen LogP contribution is 2.27. The Labute approximate surface area is 123 Å². The molecule has 0 amide bonds. The van der Waals surface area contributed by atoms with Crippen molar-refractivity contribution in [3.8, 4) is 0 Å². The van der Waals surface area contributed by atoms with E-state index >= 15 is 0 Å². The van der Waals surface area contributed by atoms with Crippen LogP contribution in [-0.2, 0) is 14.8 Å². The normalized spacial score (nSPS) is 30.5. The molecule has 20 heavy (non-hydrogen) atoms. The van der Waals surface area contributed by atoms with E-state index in [1.807, 2.05) is 0 Å². The molecule has 2 atom stereocenters. The maximum absolute atomic E-state index is 12.7. The Bertz CT molecular complexity index is 393. The SMILES string of the molecule is CCNC1CCN(S(=O)(=O)C2CCOCC2)CC1CC. The molecule has 2 rings (SSSR count). The van der Waals surface area contributed by atoms with Crippen molar-refractivity contribution in [2.24, 2.45) is 5.92 Å². The molecule has 0 spiro atoms. The highest BCUT2D eigenvalue weighted by atomic mass is 32.2. The van der Waals surface area contributed by atoms with Gasteiger partial charge in [-0.05, 0) is 31.7 Å². The fourth-order valence-corrected chi connectivity index (χ4v) is 5.33. The van der Waals surface area contributed by atoms with Gasteiger partial charge in [-0.1, -0.05) is 20.3 Å². The fourth-order valence-electron chi connectivity index (χ4n) is 3.36. The molecule has 0 aliphatic carbocycles. The Hall–Kier alpha value is -0.170. The van der Waals surface area contributed by atoms with Crippen molar-refractivity contribution in [1.82, 2.24) is 9.62 Å². The number of hydrogen-bond acceptors (Lipinski definition) is 4. The first-order valence-corrected chi connectivity index (χ1v) is 9.40. The van der Waals surface area contributed by atoms with E-state index in [9.17, 15) is 8.42 Å². The smallest absolute Gasteiger partial charge is 0.217 e. The van der Waals surface area contributed by atoms with Crippen LogP contribution in [-0.4, -0.2) is 56.9 Å². The van der Waals surface area contributed by atoms with E-state index in [-0.39, 0.29) is 5.25 Å². The number of ether oxygens (including phenoxy) is 1. The number of nitrogens with one attached hydrogen (secondary N) is 1. The maximum Gasteiger partial charge on any atom is 0.217 e. The molecule has 2 saturated heterocycles. The Morgan fingerprint density at radius 3 is 2.50 bits per heavy atom. The van der Waals surface area contributed by atoms with Gasteiger partial charge in [0.2, 0.25) is 10.0 Å². The second kappa shape index (κ2) is 7.20. The maximum atomic E-state index is 12.7. The molecule has 2 aliphatic rings. The summed E-state index contributed by atoms with van der Waals surface area (Å²) in [6, 6.07) is 0.464. The summed E-state index contributed by atoms with van der Waals surface area (Å²) in [6.45, 7) is 7.71. The van der Waals surface area contributed by atoms with Gasteiger partial charge >= 0.3 is 0 Å². The summed E-state index contributed by atoms with van der Waals surface area (Å²) in [5.74, 6) is 0.429. The first kappa shape index (κ1) is 16.2. The van der Waals surface area contributed by atoms with Crippen molar-refractivity contribution < 1.29 is 13.2 Å². The molecule has 1 N–H and O–H groups in total. The van der Waals surface area contributed by atoms with Crippen molar-refractivity contribution in [3.05, 3.63) is 0 Å². The topological polar surface area (TPSA) is 58.6 Å². The minimum Gasteiger partial charge on any atom is -0.381 e. The highest BCUT2D eigenvalue weighted by molar-refractivity contribution is 7.89. The van der Waals surface area contributed by atoms with Crippen LogP contribution in [0, 0.1) is 5.92 Å². The first-order valence-electron chi connectivity index (χ1n) is 7.89. The van der Waals surface area contributed by atoms with Crippen LogP contribution < -0.4 is 5.32 Å². The zero-order valence-corrected chi connectivity index (χ0v) is 13.5. The molecule has 2 fully saturated rings. The molecule has 0 aromatic heterocycles. The van der Waals surface area contributed by atoms with Gasteiger partial charge in [-0.15, -0.1) is 0 Å². The molecule has 118 valence electrons. The molecular formula is C14H28N2O3S. The molecular weight excluding hydrogens is 276 g/mol.